The summed E-state index contributed by atoms with van der Waals surface area (Å²) in [6, 6.07) is 3.81. The van der Waals surface area contributed by atoms with Crippen molar-refractivity contribution in [1.82, 2.24) is 30.0 Å². The molecule has 0 radical (unpaired) electrons. The maximum absolute atomic E-state index is 14.1. The summed E-state index contributed by atoms with van der Waals surface area (Å²) in [4.78, 5) is 19.1. The number of imidazole rings is 1. The average Bonchev–Trinajstić information content (AvgIpc) is 3.42. The van der Waals surface area contributed by atoms with Crippen LogP contribution in [0.25, 0.3) is 17.2 Å². The lowest BCUT2D eigenvalue weighted by Gasteiger charge is -2.09. The fourth-order valence-electron chi connectivity index (χ4n) is 2.92. The third-order valence-electron chi connectivity index (χ3n) is 4.28. The molecule has 140 valence electrons. The molecule has 1 atom stereocenters. The van der Waals surface area contributed by atoms with E-state index in [-0.39, 0.29) is 29.3 Å². The van der Waals surface area contributed by atoms with Crippen molar-refractivity contribution in [1.29, 1.82) is 0 Å². The summed E-state index contributed by atoms with van der Waals surface area (Å²) in [5, 5.41) is 10.4. The topological polar surface area (TPSA) is 97.7 Å². The van der Waals surface area contributed by atoms with Gasteiger partial charge in [-0.1, -0.05) is 6.07 Å². The Morgan fingerprint density at radius 2 is 2.30 bits per heavy atom. The molecule has 4 rings (SSSR count). The molecule has 0 unspecified atom stereocenters. The van der Waals surface area contributed by atoms with E-state index in [0.717, 1.165) is 18.9 Å². The smallest absolute Gasteiger partial charge is 0.287 e. The van der Waals surface area contributed by atoms with E-state index < -0.39 is 11.6 Å². The average molecular weight is 374 g/mol. The molecule has 0 bridgehead atoms. The van der Waals surface area contributed by atoms with E-state index in [1.807, 2.05) is 0 Å². The van der Waals surface area contributed by atoms with Crippen molar-refractivity contribution in [3.63, 3.8) is 0 Å². The molecule has 0 saturated carbocycles. The van der Waals surface area contributed by atoms with Crippen LogP contribution >= 0.6 is 0 Å². The van der Waals surface area contributed by atoms with Gasteiger partial charge in [0, 0.05) is 13.2 Å². The first-order valence-electron chi connectivity index (χ1n) is 8.43. The van der Waals surface area contributed by atoms with E-state index in [0.29, 0.717) is 18.8 Å². The number of aromatic amines is 1. The van der Waals surface area contributed by atoms with Crippen LogP contribution in [0.4, 0.5) is 8.78 Å². The summed E-state index contributed by atoms with van der Waals surface area (Å²) in [7, 11) is 0. The summed E-state index contributed by atoms with van der Waals surface area (Å²) in [6.45, 7) is 1.11. The van der Waals surface area contributed by atoms with E-state index in [1.165, 1.54) is 29.2 Å². The standard InChI is InChI=1S/C17H16F2N6O2/c18-11-4-1-5-13(14(11)19)25-9-22-24-16(25)12-8-20-15(23-12)17(26)21-7-10-3-2-6-27-10/h1,4-5,8-10H,2-3,6-7H2,(H,20,23)(H,21,26)/t10-/m1/s1. The predicted molar refractivity (Wildman–Crippen MR) is 90.2 cm³/mol. The van der Waals surface area contributed by atoms with Gasteiger partial charge in [0.2, 0.25) is 0 Å². The first kappa shape index (κ1) is 17.3. The number of benzene rings is 1. The highest BCUT2D eigenvalue weighted by Crippen LogP contribution is 2.22. The zero-order chi connectivity index (χ0) is 18.8. The van der Waals surface area contributed by atoms with Gasteiger partial charge in [0.15, 0.2) is 23.3 Å². The normalized spacial score (nSPS) is 16.6. The van der Waals surface area contributed by atoms with Gasteiger partial charge in [0.05, 0.1) is 18.0 Å². The van der Waals surface area contributed by atoms with Gasteiger partial charge < -0.3 is 15.0 Å². The number of nitrogens with one attached hydrogen (secondary N) is 2. The Balaban J connectivity index is 1.55. The molecular formula is C17H16F2N6O2. The Morgan fingerprint density at radius 1 is 1.41 bits per heavy atom. The lowest BCUT2D eigenvalue weighted by atomic mass is 10.2. The van der Waals surface area contributed by atoms with E-state index in [4.69, 9.17) is 4.74 Å². The van der Waals surface area contributed by atoms with Crippen LogP contribution in [-0.4, -0.2) is 49.9 Å². The van der Waals surface area contributed by atoms with Crippen LogP contribution < -0.4 is 5.32 Å². The summed E-state index contributed by atoms with van der Waals surface area (Å²) >= 11 is 0. The highest BCUT2D eigenvalue weighted by molar-refractivity contribution is 5.91. The Morgan fingerprint density at radius 3 is 3.11 bits per heavy atom. The van der Waals surface area contributed by atoms with Crippen LogP contribution in [0.15, 0.2) is 30.7 Å². The Bertz CT molecular complexity index is 964. The maximum atomic E-state index is 14.1. The molecule has 0 spiro atoms. The molecule has 1 amide bonds. The van der Waals surface area contributed by atoms with Gasteiger partial charge in [-0.05, 0) is 25.0 Å². The molecule has 10 heteroatoms. The molecule has 1 fully saturated rings. The summed E-state index contributed by atoms with van der Waals surface area (Å²) in [5.41, 5.74) is 0.299. The van der Waals surface area contributed by atoms with Crippen molar-refractivity contribution in [2.45, 2.75) is 18.9 Å². The van der Waals surface area contributed by atoms with Crippen molar-refractivity contribution in [3.8, 4) is 17.2 Å². The predicted octanol–water partition coefficient (Wildman–Crippen LogP) is 1.84. The number of aromatic nitrogens is 5. The molecular weight excluding hydrogens is 358 g/mol. The largest absolute Gasteiger partial charge is 0.376 e. The van der Waals surface area contributed by atoms with Gasteiger partial charge in [-0.15, -0.1) is 10.2 Å². The number of hydrogen-bond donors (Lipinski definition) is 2. The minimum atomic E-state index is -1.02. The number of hydrogen-bond acceptors (Lipinski definition) is 5. The maximum Gasteiger partial charge on any atom is 0.287 e. The van der Waals surface area contributed by atoms with E-state index >= 15 is 0 Å². The molecule has 0 aliphatic carbocycles. The van der Waals surface area contributed by atoms with Crippen molar-refractivity contribution >= 4 is 5.91 Å². The minimum absolute atomic E-state index is 0.0161. The number of halogens is 2. The molecule has 27 heavy (non-hydrogen) atoms. The van der Waals surface area contributed by atoms with E-state index in [1.54, 1.807) is 0 Å². The fraction of sp³-hybridized carbons (Fsp3) is 0.294. The fourth-order valence-corrected chi connectivity index (χ4v) is 2.92. The van der Waals surface area contributed by atoms with Crippen molar-refractivity contribution in [2.24, 2.45) is 0 Å². The molecule has 1 saturated heterocycles. The number of amides is 1. The van der Waals surface area contributed by atoms with Gasteiger partial charge in [-0.2, -0.15) is 0 Å². The summed E-state index contributed by atoms with van der Waals surface area (Å²) in [6.07, 6.45) is 4.55. The van der Waals surface area contributed by atoms with Gasteiger partial charge in [-0.25, -0.2) is 13.8 Å². The second-order valence-electron chi connectivity index (χ2n) is 6.09. The van der Waals surface area contributed by atoms with Crippen LogP contribution in [0.3, 0.4) is 0 Å². The molecule has 1 aromatic carbocycles. The van der Waals surface area contributed by atoms with Crippen LogP contribution in [0.1, 0.15) is 23.5 Å². The van der Waals surface area contributed by atoms with Crippen LogP contribution in [0, 0.1) is 11.6 Å². The number of rotatable bonds is 5. The number of ether oxygens (including phenoxy) is 1. The first-order chi connectivity index (χ1) is 13.1. The first-order valence-corrected chi connectivity index (χ1v) is 8.43. The van der Waals surface area contributed by atoms with Crippen LogP contribution in [0.2, 0.25) is 0 Å². The second kappa shape index (κ2) is 7.23. The van der Waals surface area contributed by atoms with Crippen molar-refractivity contribution < 1.29 is 18.3 Å². The molecule has 1 aliphatic heterocycles. The molecule has 2 aromatic heterocycles. The molecule has 1 aliphatic rings. The summed E-state index contributed by atoms with van der Waals surface area (Å²) < 4.78 is 34.3. The lowest BCUT2D eigenvalue weighted by molar-refractivity contribution is 0.0850. The third kappa shape index (κ3) is 3.43. The van der Waals surface area contributed by atoms with Gasteiger partial charge in [-0.3, -0.25) is 9.36 Å². The van der Waals surface area contributed by atoms with Crippen LogP contribution in [0.5, 0.6) is 0 Å². The molecule has 3 heterocycles. The Kier molecular flexibility index (Phi) is 4.63. The van der Waals surface area contributed by atoms with Gasteiger partial charge >= 0.3 is 0 Å². The number of H-pyrrole nitrogens is 1. The number of carbonyl (C=O) groups excluding carboxylic acids is 1. The van der Waals surface area contributed by atoms with Crippen molar-refractivity contribution in [2.75, 3.05) is 13.2 Å². The van der Waals surface area contributed by atoms with Gasteiger partial charge in [0.1, 0.15) is 12.0 Å². The highest BCUT2D eigenvalue weighted by atomic mass is 19.2. The van der Waals surface area contributed by atoms with Gasteiger partial charge in [0.25, 0.3) is 5.91 Å². The number of carbonyl (C=O) groups is 1. The second-order valence-corrected chi connectivity index (χ2v) is 6.09. The van der Waals surface area contributed by atoms with Crippen LogP contribution in [-0.2, 0) is 4.74 Å². The molecule has 3 aromatic rings. The van der Waals surface area contributed by atoms with Crippen molar-refractivity contribution in [3.05, 3.63) is 48.2 Å². The van der Waals surface area contributed by atoms with E-state index in [9.17, 15) is 13.6 Å². The zero-order valence-corrected chi connectivity index (χ0v) is 14.2. The van der Waals surface area contributed by atoms with E-state index in [2.05, 4.69) is 25.5 Å². The highest BCUT2D eigenvalue weighted by Gasteiger charge is 2.20. The molecule has 2 N–H and O–H groups in total. The quantitative estimate of drug-likeness (QED) is 0.710. The summed E-state index contributed by atoms with van der Waals surface area (Å²) in [5.74, 6) is -2.11. The Labute approximate surface area is 152 Å². The SMILES string of the molecule is O=C(NC[C@H]1CCCO1)c1ncc(-c2nncn2-c2cccc(F)c2F)[nH]1. The third-order valence-corrected chi connectivity index (χ3v) is 4.28. The monoisotopic (exact) mass is 374 g/mol. The lowest BCUT2D eigenvalue weighted by Crippen LogP contribution is -2.32. The minimum Gasteiger partial charge on any atom is -0.376 e. The Hall–Kier alpha value is -3.14. The molecule has 8 nitrogen and oxygen atoms in total. The number of nitrogens with zero attached hydrogens (tertiary/aromatic N) is 4. The zero-order valence-electron chi connectivity index (χ0n) is 14.2.